The second-order valence-electron chi connectivity index (χ2n) is 5.11. The van der Waals surface area contributed by atoms with Crippen LogP contribution in [0, 0.1) is 0 Å². The monoisotopic (exact) mass is 403 g/mol. The number of carbonyl (C=O) groups is 2. The van der Waals surface area contributed by atoms with Crippen molar-refractivity contribution in [2.24, 2.45) is 0 Å². The van der Waals surface area contributed by atoms with E-state index in [0.717, 1.165) is 4.47 Å². The largest absolute Gasteiger partial charge is 0.446 e. The number of oxazole rings is 1. The second kappa shape index (κ2) is 8.98. The molecule has 6 nitrogen and oxygen atoms in total. The van der Waals surface area contributed by atoms with Crippen LogP contribution in [0.15, 0.2) is 64.7 Å². The average molecular weight is 404 g/mol. The van der Waals surface area contributed by atoms with Crippen LogP contribution in [0.25, 0.3) is 0 Å². The quantitative estimate of drug-likeness (QED) is 0.686. The SMILES string of the molecule is C=CCNC(=O)c1coc(CN(CC=C)C(=O)c2ccc(Br)cc2)n1. The van der Waals surface area contributed by atoms with Gasteiger partial charge in [0.05, 0.1) is 6.54 Å². The van der Waals surface area contributed by atoms with Crippen molar-refractivity contribution in [2.75, 3.05) is 13.1 Å². The highest BCUT2D eigenvalue weighted by atomic mass is 79.9. The predicted molar refractivity (Wildman–Crippen MR) is 98.1 cm³/mol. The third kappa shape index (κ3) is 5.15. The van der Waals surface area contributed by atoms with Gasteiger partial charge in [-0.2, -0.15) is 0 Å². The highest BCUT2D eigenvalue weighted by molar-refractivity contribution is 9.10. The van der Waals surface area contributed by atoms with E-state index in [9.17, 15) is 9.59 Å². The molecule has 2 aromatic rings. The van der Waals surface area contributed by atoms with Gasteiger partial charge in [-0.1, -0.05) is 28.1 Å². The first-order chi connectivity index (χ1) is 12.0. The smallest absolute Gasteiger partial charge is 0.273 e. The van der Waals surface area contributed by atoms with Crippen molar-refractivity contribution in [3.8, 4) is 0 Å². The molecule has 1 heterocycles. The molecule has 0 bridgehead atoms. The number of nitrogens with one attached hydrogen (secondary N) is 1. The molecule has 0 saturated heterocycles. The molecule has 0 radical (unpaired) electrons. The number of nitrogens with zero attached hydrogens (tertiary/aromatic N) is 2. The fourth-order valence-electron chi connectivity index (χ4n) is 2.06. The number of hydrogen-bond acceptors (Lipinski definition) is 4. The molecule has 1 N–H and O–H groups in total. The molecule has 0 atom stereocenters. The van der Waals surface area contributed by atoms with Crippen molar-refractivity contribution in [1.29, 1.82) is 0 Å². The van der Waals surface area contributed by atoms with E-state index in [4.69, 9.17) is 4.42 Å². The second-order valence-corrected chi connectivity index (χ2v) is 6.02. The first-order valence-corrected chi connectivity index (χ1v) is 8.33. The van der Waals surface area contributed by atoms with Gasteiger partial charge in [0, 0.05) is 23.1 Å². The number of hydrogen-bond donors (Lipinski definition) is 1. The van der Waals surface area contributed by atoms with Gasteiger partial charge in [0.1, 0.15) is 6.26 Å². The lowest BCUT2D eigenvalue weighted by molar-refractivity contribution is 0.0749. The molecule has 2 rings (SSSR count). The Morgan fingerprint density at radius 1 is 1.24 bits per heavy atom. The van der Waals surface area contributed by atoms with Gasteiger partial charge in [0.2, 0.25) is 5.89 Å². The normalized spacial score (nSPS) is 10.1. The summed E-state index contributed by atoms with van der Waals surface area (Å²) in [5.41, 5.74) is 0.701. The standard InChI is InChI=1S/C18H18BrN3O3/c1-3-9-20-17(23)15-12-25-16(21-15)11-22(10-4-2)18(24)13-5-7-14(19)8-6-13/h3-8,12H,1-2,9-11H2,(H,20,23). The van der Waals surface area contributed by atoms with Gasteiger partial charge in [-0.3, -0.25) is 9.59 Å². The van der Waals surface area contributed by atoms with Crippen LogP contribution in [0.4, 0.5) is 0 Å². The molecule has 0 fully saturated rings. The molecule has 2 amide bonds. The highest BCUT2D eigenvalue weighted by Crippen LogP contribution is 2.14. The number of benzene rings is 1. The van der Waals surface area contributed by atoms with Gasteiger partial charge in [0.15, 0.2) is 5.69 Å². The number of aromatic nitrogens is 1. The molecule has 0 saturated carbocycles. The highest BCUT2D eigenvalue weighted by Gasteiger charge is 2.19. The van der Waals surface area contributed by atoms with Crippen molar-refractivity contribution in [1.82, 2.24) is 15.2 Å². The van der Waals surface area contributed by atoms with Gasteiger partial charge in [-0.05, 0) is 24.3 Å². The number of carbonyl (C=O) groups excluding carboxylic acids is 2. The third-order valence-electron chi connectivity index (χ3n) is 3.25. The Morgan fingerprint density at radius 2 is 1.96 bits per heavy atom. The molecular weight excluding hydrogens is 386 g/mol. The van der Waals surface area contributed by atoms with Crippen molar-refractivity contribution < 1.29 is 14.0 Å². The molecule has 1 aromatic heterocycles. The van der Waals surface area contributed by atoms with Crippen LogP contribution in [-0.4, -0.2) is 34.8 Å². The molecule has 0 aliphatic rings. The Labute approximate surface area is 154 Å². The fraction of sp³-hybridized carbons (Fsp3) is 0.167. The lowest BCUT2D eigenvalue weighted by Gasteiger charge is -2.19. The van der Waals surface area contributed by atoms with Crippen LogP contribution in [-0.2, 0) is 6.54 Å². The molecule has 1 aromatic carbocycles. The Balaban J connectivity index is 2.11. The van der Waals surface area contributed by atoms with E-state index in [2.05, 4.69) is 39.4 Å². The molecule has 0 aliphatic carbocycles. The first-order valence-electron chi connectivity index (χ1n) is 7.54. The zero-order valence-corrected chi connectivity index (χ0v) is 15.2. The summed E-state index contributed by atoms with van der Waals surface area (Å²) in [6, 6.07) is 7.05. The van der Waals surface area contributed by atoms with E-state index in [1.54, 1.807) is 36.4 Å². The first kappa shape index (κ1) is 18.7. The van der Waals surface area contributed by atoms with Gasteiger partial charge in [-0.25, -0.2) is 4.98 Å². The maximum atomic E-state index is 12.6. The van der Waals surface area contributed by atoms with Crippen LogP contribution in [0.1, 0.15) is 26.7 Å². The van der Waals surface area contributed by atoms with Gasteiger partial charge in [-0.15, -0.1) is 13.2 Å². The number of amides is 2. The minimum absolute atomic E-state index is 0.135. The van der Waals surface area contributed by atoms with E-state index in [1.165, 1.54) is 11.2 Å². The van der Waals surface area contributed by atoms with Crippen molar-refractivity contribution in [2.45, 2.75) is 6.54 Å². The Hall–Kier alpha value is -2.67. The van der Waals surface area contributed by atoms with E-state index < -0.39 is 0 Å². The summed E-state index contributed by atoms with van der Waals surface area (Å²) in [4.78, 5) is 30.1. The van der Waals surface area contributed by atoms with Crippen molar-refractivity contribution in [3.63, 3.8) is 0 Å². The summed E-state index contributed by atoms with van der Waals surface area (Å²) in [6.45, 7) is 8.01. The van der Waals surface area contributed by atoms with Crippen LogP contribution >= 0.6 is 15.9 Å². The van der Waals surface area contributed by atoms with Gasteiger partial charge < -0.3 is 14.6 Å². The zero-order valence-electron chi connectivity index (χ0n) is 13.6. The molecule has 0 spiro atoms. The molecule has 0 aliphatic heterocycles. The third-order valence-corrected chi connectivity index (χ3v) is 3.77. The predicted octanol–water partition coefficient (Wildman–Crippen LogP) is 3.18. The van der Waals surface area contributed by atoms with Crippen molar-refractivity contribution in [3.05, 3.63) is 77.5 Å². The summed E-state index contributed by atoms with van der Waals surface area (Å²) in [5, 5.41) is 2.61. The minimum Gasteiger partial charge on any atom is -0.446 e. The van der Waals surface area contributed by atoms with Crippen molar-refractivity contribution >= 4 is 27.7 Å². The van der Waals surface area contributed by atoms with Crippen LogP contribution < -0.4 is 5.32 Å². The molecule has 130 valence electrons. The van der Waals surface area contributed by atoms with Gasteiger partial charge in [0.25, 0.3) is 11.8 Å². The maximum Gasteiger partial charge on any atom is 0.273 e. The topological polar surface area (TPSA) is 75.4 Å². The summed E-state index contributed by atoms with van der Waals surface area (Å²) < 4.78 is 6.21. The summed E-state index contributed by atoms with van der Waals surface area (Å²) in [5.74, 6) is -0.260. The Bertz CT molecular complexity index is 768. The van der Waals surface area contributed by atoms with E-state index >= 15 is 0 Å². The van der Waals surface area contributed by atoms with Crippen LogP contribution in [0.5, 0.6) is 0 Å². The summed E-state index contributed by atoms with van der Waals surface area (Å²) in [6.07, 6.45) is 4.46. The lowest BCUT2D eigenvalue weighted by Crippen LogP contribution is -2.31. The molecule has 0 unspecified atom stereocenters. The van der Waals surface area contributed by atoms with E-state index in [1.807, 2.05) is 0 Å². The number of halogens is 1. The van der Waals surface area contributed by atoms with Crippen LogP contribution in [0.3, 0.4) is 0 Å². The Morgan fingerprint density at radius 3 is 2.60 bits per heavy atom. The minimum atomic E-state index is -0.357. The summed E-state index contributed by atoms with van der Waals surface area (Å²) in [7, 11) is 0. The average Bonchev–Trinajstić information content (AvgIpc) is 3.08. The van der Waals surface area contributed by atoms with E-state index in [0.29, 0.717) is 18.7 Å². The molecule has 7 heteroatoms. The summed E-state index contributed by atoms with van der Waals surface area (Å²) >= 11 is 3.34. The molecule has 25 heavy (non-hydrogen) atoms. The van der Waals surface area contributed by atoms with Gasteiger partial charge >= 0.3 is 0 Å². The molecular formula is C18H18BrN3O3. The lowest BCUT2D eigenvalue weighted by atomic mass is 10.2. The fourth-order valence-corrected chi connectivity index (χ4v) is 2.32. The van der Waals surface area contributed by atoms with E-state index in [-0.39, 0.29) is 29.9 Å². The number of rotatable bonds is 8. The zero-order chi connectivity index (χ0) is 18.2. The maximum absolute atomic E-state index is 12.6. The van der Waals surface area contributed by atoms with Crippen LogP contribution in [0.2, 0.25) is 0 Å². The Kier molecular flexibility index (Phi) is 6.71.